The van der Waals surface area contributed by atoms with Crippen LogP contribution in [-0.2, 0) is 11.0 Å². The quantitative estimate of drug-likeness (QED) is 0.287. The van der Waals surface area contributed by atoms with Crippen molar-refractivity contribution < 1.29 is 27.4 Å². The van der Waals surface area contributed by atoms with Crippen molar-refractivity contribution in [1.29, 1.82) is 0 Å². The van der Waals surface area contributed by atoms with Gasteiger partial charge in [0.2, 0.25) is 0 Å². The van der Waals surface area contributed by atoms with Crippen molar-refractivity contribution in [3.63, 3.8) is 0 Å². The first-order valence-electron chi connectivity index (χ1n) is 9.85. The number of aryl methyl sites for hydroxylation is 1. The zero-order chi connectivity index (χ0) is 24.7. The van der Waals surface area contributed by atoms with E-state index in [2.05, 4.69) is 36.8 Å². The average molecular weight is 537 g/mol. The van der Waals surface area contributed by atoms with E-state index in [1.165, 1.54) is 19.4 Å². The molecule has 0 aliphatic rings. The maximum absolute atomic E-state index is 12.6. The summed E-state index contributed by atoms with van der Waals surface area (Å²) in [7, 11) is 1.45. The fraction of sp³-hybridized carbons (Fsp3) is 0.174. The minimum Gasteiger partial charge on any atom is -0.493 e. The normalized spacial score (nSPS) is 11.4. The van der Waals surface area contributed by atoms with Crippen LogP contribution in [0, 0.1) is 6.92 Å². The molecule has 2 N–H and O–H groups in total. The number of anilines is 2. The van der Waals surface area contributed by atoms with Crippen LogP contribution in [0.25, 0.3) is 0 Å². The lowest BCUT2D eigenvalue weighted by atomic mass is 10.2. The Hall–Kier alpha value is -3.60. The van der Waals surface area contributed by atoms with E-state index < -0.39 is 11.7 Å². The summed E-state index contributed by atoms with van der Waals surface area (Å²) in [6.45, 7) is 1.72. The van der Waals surface area contributed by atoms with E-state index >= 15 is 0 Å². The summed E-state index contributed by atoms with van der Waals surface area (Å²) >= 11 is 3.40. The second-order valence-electron chi connectivity index (χ2n) is 7.03. The number of hydrogen-bond donors (Lipinski definition) is 2. The molecule has 3 aromatic rings. The van der Waals surface area contributed by atoms with Crippen molar-refractivity contribution in [3.05, 3.63) is 75.9 Å². The molecule has 34 heavy (non-hydrogen) atoms. The topological polar surface area (TPSA) is 84.8 Å². The smallest absolute Gasteiger partial charge is 0.417 e. The molecule has 0 aliphatic heterocycles. The van der Waals surface area contributed by atoms with Crippen LogP contribution in [0.3, 0.4) is 0 Å². The first-order chi connectivity index (χ1) is 16.2. The summed E-state index contributed by atoms with van der Waals surface area (Å²) in [5.74, 6) is 0.510. The van der Waals surface area contributed by atoms with Crippen LogP contribution in [0.5, 0.6) is 11.5 Å². The molecular weight excluding hydrogens is 517 g/mol. The number of hydrazone groups is 1. The molecule has 1 heterocycles. The molecule has 178 valence electrons. The van der Waals surface area contributed by atoms with Crippen molar-refractivity contribution in [3.8, 4) is 11.5 Å². The van der Waals surface area contributed by atoms with E-state index in [0.29, 0.717) is 27.2 Å². The van der Waals surface area contributed by atoms with Gasteiger partial charge in [0.1, 0.15) is 5.82 Å². The predicted molar refractivity (Wildman–Crippen MR) is 126 cm³/mol. The highest BCUT2D eigenvalue weighted by atomic mass is 79.9. The summed E-state index contributed by atoms with van der Waals surface area (Å²) in [4.78, 5) is 15.9. The van der Waals surface area contributed by atoms with Gasteiger partial charge < -0.3 is 14.8 Å². The van der Waals surface area contributed by atoms with Gasteiger partial charge in [-0.3, -0.25) is 10.2 Å². The molecule has 2 aromatic carbocycles. The Balaban J connectivity index is 1.62. The summed E-state index contributed by atoms with van der Waals surface area (Å²) in [6, 6.07) is 12.7. The van der Waals surface area contributed by atoms with Crippen LogP contribution < -0.4 is 20.2 Å². The highest BCUT2D eigenvalue weighted by Gasteiger charge is 2.30. The molecule has 0 atom stereocenters. The van der Waals surface area contributed by atoms with Crippen molar-refractivity contribution in [1.82, 2.24) is 4.98 Å². The first-order valence-corrected chi connectivity index (χ1v) is 10.6. The number of hydrogen-bond acceptors (Lipinski definition) is 6. The Kier molecular flexibility index (Phi) is 8.11. The highest BCUT2D eigenvalue weighted by Crippen LogP contribution is 2.33. The number of rotatable bonds is 8. The average Bonchev–Trinajstić information content (AvgIpc) is 2.80. The molecule has 1 aromatic heterocycles. The van der Waals surface area contributed by atoms with E-state index in [1.807, 2.05) is 19.1 Å². The number of benzene rings is 2. The van der Waals surface area contributed by atoms with Crippen molar-refractivity contribution in [2.24, 2.45) is 5.10 Å². The molecule has 0 aliphatic carbocycles. The second kappa shape index (κ2) is 11.0. The SMILES string of the molecule is COc1cc(/C=N\Nc2ccc(C(F)(F)F)cn2)c(Br)cc1OCC(=O)Nc1ccc(C)cc1. The third kappa shape index (κ3) is 6.95. The van der Waals surface area contributed by atoms with Crippen molar-refractivity contribution >= 4 is 39.6 Å². The fourth-order valence-corrected chi connectivity index (χ4v) is 3.12. The summed E-state index contributed by atoms with van der Waals surface area (Å²) in [6.07, 6.45) is -2.31. The molecule has 0 radical (unpaired) electrons. The molecule has 11 heteroatoms. The van der Waals surface area contributed by atoms with Gasteiger partial charge in [-0.1, -0.05) is 17.7 Å². The van der Waals surface area contributed by atoms with Gasteiger partial charge in [-0.2, -0.15) is 18.3 Å². The Morgan fingerprint density at radius 3 is 2.50 bits per heavy atom. The molecular formula is C23H20BrF3N4O3. The third-order valence-corrected chi connectivity index (χ3v) is 5.14. The van der Waals surface area contributed by atoms with Gasteiger partial charge in [-0.15, -0.1) is 0 Å². The third-order valence-electron chi connectivity index (χ3n) is 4.45. The van der Waals surface area contributed by atoms with Gasteiger partial charge in [-0.25, -0.2) is 4.98 Å². The van der Waals surface area contributed by atoms with Gasteiger partial charge in [0.25, 0.3) is 5.91 Å². The minimum atomic E-state index is -4.46. The number of nitrogens with zero attached hydrogens (tertiary/aromatic N) is 2. The second-order valence-corrected chi connectivity index (χ2v) is 7.88. The van der Waals surface area contributed by atoms with Crippen molar-refractivity contribution in [2.45, 2.75) is 13.1 Å². The van der Waals surface area contributed by atoms with Crippen LogP contribution in [0.4, 0.5) is 24.7 Å². The molecule has 0 fully saturated rings. The summed E-state index contributed by atoms with van der Waals surface area (Å²) < 4.78 is 49.4. The lowest BCUT2D eigenvalue weighted by Gasteiger charge is -2.13. The van der Waals surface area contributed by atoms with E-state index in [-0.39, 0.29) is 18.3 Å². The Morgan fingerprint density at radius 2 is 1.88 bits per heavy atom. The van der Waals surface area contributed by atoms with Gasteiger partial charge in [0.15, 0.2) is 18.1 Å². The number of amides is 1. The Morgan fingerprint density at radius 1 is 1.15 bits per heavy atom. The van der Waals surface area contributed by atoms with Crippen LogP contribution in [0.2, 0.25) is 0 Å². The number of aromatic nitrogens is 1. The van der Waals surface area contributed by atoms with Gasteiger partial charge in [0.05, 0.1) is 18.9 Å². The van der Waals surface area contributed by atoms with E-state index in [0.717, 1.165) is 17.8 Å². The Labute approximate surface area is 202 Å². The van der Waals surface area contributed by atoms with E-state index in [1.54, 1.807) is 24.3 Å². The number of methoxy groups -OCH3 is 1. The molecule has 0 spiro atoms. The number of nitrogens with one attached hydrogen (secondary N) is 2. The number of alkyl halides is 3. The molecule has 0 saturated carbocycles. The number of carbonyl (C=O) groups is 1. The number of halogens is 4. The summed E-state index contributed by atoms with van der Waals surface area (Å²) in [5.41, 5.74) is 4.05. The summed E-state index contributed by atoms with van der Waals surface area (Å²) in [5, 5.41) is 6.73. The maximum atomic E-state index is 12.6. The molecule has 0 bridgehead atoms. The van der Waals surface area contributed by atoms with Gasteiger partial charge >= 0.3 is 6.18 Å². The molecule has 0 saturated heterocycles. The fourth-order valence-electron chi connectivity index (χ4n) is 2.70. The highest BCUT2D eigenvalue weighted by molar-refractivity contribution is 9.10. The van der Waals surface area contributed by atoms with Gasteiger partial charge in [-0.05, 0) is 59.3 Å². The van der Waals surface area contributed by atoms with E-state index in [9.17, 15) is 18.0 Å². The van der Waals surface area contributed by atoms with E-state index in [4.69, 9.17) is 9.47 Å². The van der Waals surface area contributed by atoms with Gasteiger partial charge in [0, 0.05) is 21.9 Å². The zero-order valence-electron chi connectivity index (χ0n) is 18.1. The Bertz CT molecular complexity index is 1170. The lowest BCUT2D eigenvalue weighted by Crippen LogP contribution is -2.20. The van der Waals surface area contributed by atoms with Crippen LogP contribution >= 0.6 is 15.9 Å². The number of carbonyl (C=O) groups excluding carboxylic acids is 1. The molecule has 7 nitrogen and oxygen atoms in total. The lowest BCUT2D eigenvalue weighted by molar-refractivity contribution is -0.137. The zero-order valence-corrected chi connectivity index (χ0v) is 19.7. The maximum Gasteiger partial charge on any atom is 0.417 e. The molecule has 0 unspecified atom stereocenters. The number of pyridine rings is 1. The number of ether oxygens (including phenoxy) is 2. The van der Waals surface area contributed by atoms with Crippen molar-refractivity contribution in [2.75, 3.05) is 24.5 Å². The molecule has 1 amide bonds. The van der Waals surface area contributed by atoms with Crippen LogP contribution in [0.15, 0.2) is 64.3 Å². The van der Waals surface area contributed by atoms with Crippen LogP contribution in [0.1, 0.15) is 16.7 Å². The molecule has 3 rings (SSSR count). The van der Waals surface area contributed by atoms with Crippen LogP contribution in [-0.4, -0.2) is 30.8 Å². The minimum absolute atomic E-state index is 0.145. The predicted octanol–water partition coefficient (Wildman–Crippen LogP) is 5.64. The standard InChI is InChI=1S/C23H20BrF3N4O3/c1-14-3-6-17(7-4-14)30-22(32)13-34-20-10-18(24)15(9-19(20)33-2)11-29-31-21-8-5-16(12-28-21)23(25,26)27/h3-12H,13H2,1-2H3,(H,28,31)(H,30,32)/b29-11-. The largest absolute Gasteiger partial charge is 0.493 e. The first kappa shape index (κ1) is 25.0. The monoisotopic (exact) mass is 536 g/mol.